The minimum Gasteiger partial charge on any atom is -0.497 e. The van der Waals surface area contributed by atoms with E-state index in [0.717, 1.165) is 11.3 Å². The van der Waals surface area contributed by atoms with Crippen LogP contribution in [-0.4, -0.2) is 43.8 Å². The Morgan fingerprint density at radius 3 is 2.43 bits per heavy atom. The van der Waals surface area contributed by atoms with Gasteiger partial charge in [-0.3, -0.25) is 9.59 Å². The van der Waals surface area contributed by atoms with Crippen molar-refractivity contribution in [1.29, 1.82) is 0 Å². The summed E-state index contributed by atoms with van der Waals surface area (Å²) in [6.45, 7) is 0.319. The van der Waals surface area contributed by atoms with Crippen molar-refractivity contribution in [2.45, 2.75) is 6.42 Å². The van der Waals surface area contributed by atoms with Crippen molar-refractivity contribution in [3.05, 3.63) is 100 Å². The minimum atomic E-state index is -0.514. The summed E-state index contributed by atoms with van der Waals surface area (Å²) >= 11 is 5.92. The summed E-state index contributed by atoms with van der Waals surface area (Å²) < 4.78 is 11.0. The molecule has 0 heterocycles. The lowest BCUT2D eigenvalue weighted by Crippen LogP contribution is -2.36. The van der Waals surface area contributed by atoms with Crippen LogP contribution in [0.3, 0.4) is 0 Å². The molecule has 0 atom stereocenters. The molecule has 0 fully saturated rings. The average Bonchev–Trinajstić information content (AvgIpc) is 2.88. The number of hydrogen-bond acceptors (Lipinski definition) is 5. The lowest BCUT2D eigenvalue weighted by atomic mass is 10.1. The largest absolute Gasteiger partial charge is 0.497 e. The van der Waals surface area contributed by atoms with E-state index in [1.807, 2.05) is 24.3 Å². The number of hydrogen-bond donors (Lipinski definition) is 3. The Labute approximate surface area is 209 Å². The van der Waals surface area contributed by atoms with Gasteiger partial charge in [0.1, 0.15) is 17.2 Å². The molecule has 0 bridgehead atoms. The predicted molar refractivity (Wildman–Crippen MR) is 136 cm³/mol. The third-order valence-electron chi connectivity index (χ3n) is 4.98. The number of benzene rings is 3. The number of amides is 2. The summed E-state index contributed by atoms with van der Waals surface area (Å²) in [5, 5.41) is 14.7. The molecule has 3 aromatic carbocycles. The van der Waals surface area contributed by atoms with E-state index in [1.165, 1.54) is 6.08 Å². The highest BCUT2D eigenvalue weighted by molar-refractivity contribution is 6.30. The van der Waals surface area contributed by atoms with E-state index >= 15 is 0 Å². The molecule has 2 amide bonds. The quantitative estimate of drug-likeness (QED) is 0.352. The molecule has 0 aliphatic rings. The standard InChI is InChI=1S/C27H27ClN2O5/c1-34-24-4-2-3-19(17-24)13-16-35-23-11-7-21(8-12-23)26(32)30-25(27(33)29-14-15-31)18-20-5-9-22(28)10-6-20/h2-12,17-18,31H,13-16H2,1H3,(H,29,33)(H,30,32)/b25-18-. The molecule has 3 N–H and O–H groups in total. The molecule has 3 aromatic rings. The number of methoxy groups -OCH3 is 1. The lowest BCUT2D eigenvalue weighted by Gasteiger charge is -2.11. The first kappa shape index (κ1) is 25.8. The fraction of sp³-hybridized carbons (Fsp3) is 0.185. The van der Waals surface area contributed by atoms with Gasteiger partial charge in [0.05, 0.1) is 20.3 Å². The van der Waals surface area contributed by atoms with Gasteiger partial charge in [-0.2, -0.15) is 0 Å². The number of rotatable bonds is 11. The molecule has 0 unspecified atom stereocenters. The number of carbonyl (C=O) groups is 2. The Balaban J connectivity index is 1.62. The summed E-state index contributed by atoms with van der Waals surface area (Å²) in [5.74, 6) is 0.460. The number of carbonyl (C=O) groups excluding carboxylic acids is 2. The SMILES string of the molecule is COc1cccc(CCOc2ccc(C(=O)N/C(=C\c3ccc(Cl)cc3)C(=O)NCCO)cc2)c1. The van der Waals surface area contributed by atoms with Crippen molar-refractivity contribution in [2.75, 3.05) is 26.9 Å². The fourth-order valence-electron chi connectivity index (χ4n) is 3.16. The summed E-state index contributed by atoms with van der Waals surface area (Å²) in [6.07, 6.45) is 2.25. The normalized spacial score (nSPS) is 11.0. The van der Waals surface area contributed by atoms with Crippen molar-refractivity contribution in [3.8, 4) is 11.5 Å². The zero-order valence-corrected chi connectivity index (χ0v) is 20.0. The van der Waals surface area contributed by atoms with Crippen LogP contribution in [-0.2, 0) is 11.2 Å². The van der Waals surface area contributed by atoms with Gasteiger partial charge < -0.3 is 25.2 Å². The highest BCUT2D eigenvalue weighted by atomic mass is 35.5. The zero-order chi connectivity index (χ0) is 25.0. The van der Waals surface area contributed by atoms with E-state index in [0.29, 0.717) is 34.9 Å². The molecule has 0 radical (unpaired) electrons. The summed E-state index contributed by atoms with van der Waals surface area (Å²) in [4.78, 5) is 25.3. The molecule has 0 saturated heterocycles. The third kappa shape index (κ3) is 8.17. The number of ether oxygens (including phenoxy) is 2. The second-order valence-electron chi connectivity index (χ2n) is 7.52. The average molecular weight is 495 g/mol. The van der Waals surface area contributed by atoms with Gasteiger partial charge in [-0.05, 0) is 65.7 Å². The lowest BCUT2D eigenvalue weighted by molar-refractivity contribution is -0.117. The zero-order valence-electron chi connectivity index (χ0n) is 19.3. The maximum atomic E-state index is 12.8. The van der Waals surface area contributed by atoms with Gasteiger partial charge >= 0.3 is 0 Å². The Morgan fingerprint density at radius 1 is 1.00 bits per heavy atom. The van der Waals surface area contributed by atoms with Gasteiger partial charge in [-0.15, -0.1) is 0 Å². The van der Waals surface area contributed by atoms with Crippen LogP contribution < -0.4 is 20.1 Å². The second kappa shape index (κ2) is 13.2. The van der Waals surface area contributed by atoms with E-state index in [1.54, 1.807) is 55.6 Å². The Hall–Kier alpha value is -3.81. The molecule has 35 heavy (non-hydrogen) atoms. The van der Waals surface area contributed by atoms with Gasteiger partial charge in [-0.1, -0.05) is 35.9 Å². The van der Waals surface area contributed by atoms with E-state index in [2.05, 4.69) is 10.6 Å². The van der Waals surface area contributed by atoms with Crippen molar-refractivity contribution < 1.29 is 24.2 Å². The van der Waals surface area contributed by atoms with E-state index in [9.17, 15) is 9.59 Å². The van der Waals surface area contributed by atoms with Crippen molar-refractivity contribution in [2.24, 2.45) is 0 Å². The number of aliphatic hydroxyl groups is 1. The van der Waals surface area contributed by atoms with Crippen molar-refractivity contribution in [3.63, 3.8) is 0 Å². The molecule has 0 saturated carbocycles. The van der Waals surface area contributed by atoms with Crippen LogP contribution in [0.15, 0.2) is 78.5 Å². The highest BCUT2D eigenvalue weighted by Crippen LogP contribution is 2.16. The topological polar surface area (TPSA) is 96.9 Å². The number of halogens is 1. The highest BCUT2D eigenvalue weighted by Gasteiger charge is 2.14. The van der Waals surface area contributed by atoms with Crippen LogP contribution in [0, 0.1) is 0 Å². The Morgan fingerprint density at radius 2 is 1.74 bits per heavy atom. The summed E-state index contributed by atoms with van der Waals surface area (Å²) in [6, 6.07) is 21.3. The molecular weight excluding hydrogens is 468 g/mol. The molecule has 0 spiro atoms. The van der Waals surface area contributed by atoms with Gasteiger partial charge in [0.25, 0.3) is 11.8 Å². The van der Waals surface area contributed by atoms with Crippen LogP contribution in [0.5, 0.6) is 11.5 Å². The van der Waals surface area contributed by atoms with Crippen LogP contribution in [0.4, 0.5) is 0 Å². The summed E-state index contributed by atoms with van der Waals surface area (Å²) in [7, 11) is 1.63. The molecule has 8 heteroatoms. The van der Waals surface area contributed by atoms with Crippen molar-refractivity contribution >= 4 is 29.5 Å². The van der Waals surface area contributed by atoms with Gasteiger partial charge in [-0.25, -0.2) is 0 Å². The maximum absolute atomic E-state index is 12.8. The molecule has 0 aromatic heterocycles. The van der Waals surface area contributed by atoms with Gasteiger partial charge in [0.15, 0.2) is 0 Å². The predicted octanol–water partition coefficient (Wildman–Crippen LogP) is 3.85. The maximum Gasteiger partial charge on any atom is 0.267 e. The van der Waals surface area contributed by atoms with Gasteiger partial charge in [0.2, 0.25) is 0 Å². The van der Waals surface area contributed by atoms with Crippen LogP contribution in [0.25, 0.3) is 6.08 Å². The number of nitrogens with one attached hydrogen (secondary N) is 2. The van der Waals surface area contributed by atoms with Gasteiger partial charge in [0, 0.05) is 23.6 Å². The van der Waals surface area contributed by atoms with Crippen LogP contribution in [0.1, 0.15) is 21.5 Å². The Bertz CT molecular complexity index is 1160. The van der Waals surface area contributed by atoms with E-state index < -0.39 is 11.8 Å². The first-order chi connectivity index (χ1) is 17.0. The molecule has 3 rings (SSSR count). The first-order valence-electron chi connectivity index (χ1n) is 11.0. The Kier molecular flexibility index (Phi) is 9.71. The van der Waals surface area contributed by atoms with Crippen LogP contribution in [0.2, 0.25) is 5.02 Å². The van der Waals surface area contributed by atoms with E-state index in [4.69, 9.17) is 26.2 Å². The smallest absolute Gasteiger partial charge is 0.267 e. The monoisotopic (exact) mass is 494 g/mol. The van der Waals surface area contributed by atoms with Crippen molar-refractivity contribution in [1.82, 2.24) is 10.6 Å². The van der Waals surface area contributed by atoms with Crippen LogP contribution >= 0.6 is 11.6 Å². The molecule has 182 valence electrons. The third-order valence-corrected chi connectivity index (χ3v) is 5.23. The minimum absolute atomic E-state index is 0.0457. The molecular formula is C27H27ClN2O5. The molecule has 7 nitrogen and oxygen atoms in total. The molecule has 0 aliphatic carbocycles. The molecule has 0 aliphatic heterocycles. The number of aliphatic hydroxyl groups excluding tert-OH is 1. The first-order valence-corrected chi connectivity index (χ1v) is 11.4. The second-order valence-corrected chi connectivity index (χ2v) is 7.95. The fourth-order valence-corrected chi connectivity index (χ4v) is 3.29. The summed E-state index contributed by atoms with van der Waals surface area (Å²) in [5.41, 5.74) is 2.19. The van der Waals surface area contributed by atoms with E-state index in [-0.39, 0.29) is 18.8 Å².